The van der Waals surface area contributed by atoms with Gasteiger partial charge in [0.25, 0.3) is 0 Å². The highest BCUT2D eigenvalue weighted by atomic mass is 79.9. The average Bonchev–Trinajstić information content (AvgIpc) is 2.77. The second kappa shape index (κ2) is 10.5. The van der Waals surface area contributed by atoms with E-state index in [1.165, 1.54) is 11.3 Å². The molecule has 0 aliphatic carbocycles. The monoisotopic (exact) mass is 453 g/mol. The molecular weight excluding hydrogens is 433 g/mol. The molecule has 2 heterocycles. The van der Waals surface area contributed by atoms with Crippen LogP contribution in [0.2, 0.25) is 0 Å². The fourth-order valence-electron chi connectivity index (χ4n) is 2.08. The fourth-order valence-corrected chi connectivity index (χ4v) is 5.42. The van der Waals surface area contributed by atoms with Crippen LogP contribution in [0.5, 0.6) is 0 Å². The summed E-state index contributed by atoms with van der Waals surface area (Å²) >= 11 is 4.61. The number of aryl methyl sites for hydroxylation is 1. The van der Waals surface area contributed by atoms with E-state index in [1.54, 1.807) is 6.07 Å². The van der Waals surface area contributed by atoms with Crippen molar-refractivity contribution in [2.24, 2.45) is 0 Å². The number of halogens is 3. The Bertz CT molecular complexity index is 529. The Balaban J connectivity index is 0.00000220. The van der Waals surface area contributed by atoms with Crippen molar-refractivity contribution in [1.82, 2.24) is 14.9 Å². The zero-order valence-corrected chi connectivity index (χ0v) is 17.2. The Morgan fingerprint density at radius 1 is 1.36 bits per heavy atom. The van der Waals surface area contributed by atoms with Gasteiger partial charge in [-0.05, 0) is 47.4 Å². The van der Waals surface area contributed by atoms with Crippen molar-refractivity contribution in [2.45, 2.75) is 17.6 Å². The van der Waals surface area contributed by atoms with Gasteiger partial charge in [0.15, 0.2) is 0 Å². The number of nitrogens with zero attached hydrogens (tertiary/aromatic N) is 1. The van der Waals surface area contributed by atoms with E-state index in [0.29, 0.717) is 10.8 Å². The lowest BCUT2D eigenvalue weighted by Gasteiger charge is -2.26. The largest absolute Gasteiger partial charge is 0.314 e. The molecule has 2 N–H and O–H groups in total. The topological polar surface area (TPSA) is 61.4 Å². The van der Waals surface area contributed by atoms with Crippen molar-refractivity contribution in [2.75, 3.05) is 39.3 Å². The van der Waals surface area contributed by atoms with Gasteiger partial charge in [-0.25, -0.2) is 13.1 Å². The van der Waals surface area contributed by atoms with Crippen LogP contribution in [0.25, 0.3) is 0 Å². The fraction of sp³-hybridized carbons (Fsp3) is 0.667. The maximum atomic E-state index is 12.1. The third kappa shape index (κ3) is 6.60. The quantitative estimate of drug-likeness (QED) is 0.647. The second-order valence-corrected chi connectivity index (χ2v) is 9.23. The second-order valence-electron chi connectivity index (χ2n) is 4.87. The molecule has 1 fully saturated rings. The first-order valence-corrected chi connectivity index (χ1v) is 9.77. The van der Waals surface area contributed by atoms with E-state index in [4.69, 9.17) is 0 Å². The van der Waals surface area contributed by atoms with Gasteiger partial charge in [-0.15, -0.1) is 36.2 Å². The molecule has 130 valence electrons. The van der Waals surface area contributed by atoms with Crippen molar-refractivity contribution in [1.29, 1.82) is 0 Å². The predicted molar refractivity (Wildman–Crippen MR) is 100 cm³/mol. The van der Waals surface area contributed by atoms with Crippen molar-refractivity contribution >= 4 is 62.1 Å². The molecule has 10 heteroatoms. The Morgan fingerprint density at radius 3 is 2.55 bits per heavy atom. The smallest absolute Gasteiger partial charge is 0.250 e. The molecule has 1 aliphatic rings. The van der Waals surface area contributed by atoms with Crippen molar-refractivity contribution in [3.05, 3.63) is 15.4 Å². The van der Waals surface area contributed by atoms with Crippen LogP contribution in [0.4, 0.5) is 0 Å². The molecular formula is C12H22BrCl2N3O2S2. The number of thiophene rings is 1. The van der Waals surface area contributed by atoms with Gasteiger partial charge in [0.05, 0.1) is 3.79 Å². The summed E-state index contributed by atoms with van der Waals surface area (Å²) in [7, 11) is -3.36. The molecule has 0 atom stereocenters. The molecule has 1 aromatic heterocycles. The highest BCUT2D eigenvalue weighted by Crippen LogP contribution is 2.30. The number of rotatable bonds is 6. The van der Waals surface area contributed by atoms with Crippen LogP contribution < -0.4 is 10.0 Å². The van der Waals surface area contributed by atoms with E-state index in [-0.39, 0.29) is 24.8 Å². The van der Waals surface area contributed by atoms with Crippen LogP contribution in [-0.2, 0) is 10.0 Å². The van der Waals surface area contributed by atoms with Crippen LogP contribution in [-0.4, -0.2) is 52.6 Å². The molecule has 5 nitrogen and oxygen atoms in total. The first kappa shape index (κ1) is 22.6. The maximum absolute atomic E-state index is 12.1. The van der Waals surface area contributed by atoms with E-state index in [9.17, 15) is 8.42 Å². The minimum absolute atomic E-state index is 0. The summed E-state index contributed by atoms with van der Waals surface area (Å²) in [4.78, 5) is 2.36. The highest BCUT2D eigenvalue weighted by molar-refractivity contribution is 9.11. The molecule has 22 heavy (non-hydrogen) atoms. The summed E-state index contributed by atoms with van der Waals surface area (Å²) in [5.41, 5.74) is 0.955. The Kier molecular flexibility index (Phi) is 10.7. The van der Waals surface area contributed by atoms with Crippen LogP contribution in [0.15, 0.2) is 14.1 Å². The minimum atomic E-state index is -3.36. The van der Waals surface area contributed by atoms with E-state index in [2.05, 4.69) is 30.9 Å². The Labute approximate surface area is 157 Å². The maximum Gasteiger partial charge on any atom is 0.250 e. The lowest BCUT2D eigenvalue weighted by molar-refractivity contribution is 0.239. The minimum Gasteiger partial charge on any atom is -0.314 e. The van der Waals surface area contributed by atoms with Crippen molar-refractivity contribution < 1.29 is 8.42 Å². The van der Waals surface area contributed by atoms with Crippen LogP contribution >= 0.6 is 52.1 Å². The van der Waals surface area contributed by atoms with Gasteiger partial charge < -0.3 is 10.2 Å². The molecule has 0 radical (unpaired) electrons. The zero-order chi connectivity index (χ0) is 14.6. The number of hydrogen-bond donors (Lipinski definition) is 2. The zero-order valence-electron chi connectivity index (χ0n) is 12.3. The molecule has 0 spiro atoms. The summed E-state index contributed by atoms with van der Waals surface area (Å²) in [5.74, 6) is 0. The Morgan fingerprint density at radius 2 is 2.00 bits per heavy atom. The summed E-state index contributed by atoms with van der Waals surface area (Å²) in [5, 5.41) is 3.30. The predicted octanol–water partition coefficient (Wildman–Crippen LogP) is 2.24. The van der Waals surface area contributed by atoms with Crippen LogP contribution in [0.1, 0.15) is 12.0 Å². The van der Waals surface area contributed by atoms with E-state index >= 15 is 0 Å². The molecule has 0 bridgehead atoms. The van der Waals surface area contributed by atoms with E-state index in [1.807, 2.05) is 6.92 Å². The lowest BCUT2D eigenvalue weighted by Crippen LogP contribution is -2.44. The number of sulfonamides is 1. The van der Waals surface area contributed by atoms with Gasteiger partial charge in [0, 0.05) is 32.7 Å². The van der Waals surface area contributed by atoms with Gasteiger partial charge in [-0.3, -0.25) is 0 Å². The molecule has 0 saturated carbocycles. The third-order valence-corrected chi connectivity index (χ3v) is 7.32. The number of piperazine rings is 1. The summed E-state index contributed by atoms with van der Waals surface area (Å²) < 4.78 is 28.1. The van der Waals surface area contributed by atoms with Crippen LogP contribution in [0.3, 0.4) is 0 Å². The van der Waals surface area contributed by atoms with Gasteiger partial charge >= 0.3 is 0 Å². The van der Waals surface area contributed by atoms with E-state index < -0.39 is 10.0 Å². The number of hydrogen-bond acceptors (Lipinski definition) is 5. The third-order valence-electron chi connectivity index (χ3n) is 3.25. The lowest BCUT2D eigenvalue weighted by atomic mass is 10.3. The Hall–Kier alpha value is 0.590. The highest BCUT2D eigenvalue weighted by Gasteiger charge is 2.18. The van der Waals surface area contributed by atoms with Gasteiger partial charge in [-0.2, -0.15) is 0 Å². The van der Waals surface area contributed by atoms with Crippen LogP contribution in [0, 0.1) is 6.92 Å². The molecule has 1 aromatic rings. The molecule has 2 rings (SSSR count). The summed E-state index contributed by atoms with van der Waals surface area (Å²) in [6, 6.07) is 1.70. The molecule has 0 amide bonds. The van der Waals surface area contributed by atoms with Gasteiger partial charge in [0.1, 0.15) is 4.21 Å². The van der Waals surface area contributed by atoms with Crippen molar-refractivity contribution in [3.63, 3.8) is 0 Å². The molecule has 1 aliphatic heterocycles. The standard InChI is InChI=1S/C12H20BrN3O2S2.2ClH/c1-10-9-11(19-12(10)13)20(17,18)15-3-2-6-16-7-4-14-5-8-16;;/h9,14-15H,2-8H2,1H3;2*1H. The first-order valence-electron chi connectivity index (χ1n) is 6.68. The van der Waals surface area contributed by atoms with Gasteiger partial charge in [0.2, 0.25) is 10.0 Å². The first-order chi connectivity index (χ1) is 9.49. The molecule has 1 saturated heterocycles. The normalized spacial score (nSPS) is 15.9. The number of nitrogens with one attached hydrogen (secondary N) is 2. The average molecular weight is 455 g/mol. The summed E-state index contributed by atoms with van der Waals surface area (Å²) in [6.45, 7) is 7.46. The van der Waals surface area contributed by atoms with E-state index in [0.717, 1.165) is 48.5 Å². The van der Waals surface area contributed by atoms with Gasteiger partial charge in [-0.1, -0.05) is 0 Å². The van der Waals surface area contributed by atoms with Crippen molar-refractivity contribution in [3.8, 4) is 0 Å². The summed E-state index contributed by atoms with van der Waals surface area (Å²) in [6.07, 6.45) is 0.838. The molecule has 0 unspecified atom stereocenters. The molecule has 0 aromatic carbocycles. The SMILES string of the molecule is Cc1cc(S(=O)(=O)NCCCN2CCNCC2)sc1Br.Cl.Cl.